The Hall–Kier alpha value is -2.50. The molecule has 0 N–H and O–H groups in total. The Bertz CT molecular complexity index is 873. The Balaban J connectivity index is 1.92. The van der Waals surface area contributed by atoms with Crippen LogP contribution in [0.25, 0.3) is 0 Å². The van der Waals surface area contributed by atoms with Crippen molar-refractivity contribution in [3.63, 3.8) is 0 Å². The van der Waals surface area contributed by atoms with Gasteiger partial charge in [0, 0.05) is 55.7 Å². The molecule has 0 aliphatic carbocycles. The van der Waals surface area contributed by atoms with Crippen molar-refractivity contribution in [1.29, 1.82) is 0 Å². The summed E-state index contributed by atoms with van der Waals surface area (Å²) in [7, 11) is 0. The molecular weight excluding hydrogens is 367 g/mol. The highest BCUT2D eigenvalue weighted by Crippen LogP contribution is 2.28. The first-order chi connectivity index (χ1) is 13.8. The van der Waals surface area contributed by atoms with Gasteiger partial charge in [0.2, 0.25) is 5.91 Å². The number of piperazine rings is 1. The van der Waals surface area contributed by atoms with E-state index in [1.54, 1.807) is 6.07 Å². The van der Waals surface area contributed by atoms with Crippen LogP contribution in [-0.4, -0.2) is 47.0 Å². The van der Waals surface area contributed by atoms with Gasteiger partial charge in [0.05, 0.1) is 0 Å². The molecule has 1 aliphatic heterocycles. The SMILES string of the molecule is Cc1nc(C(C)C)nc(N2CCN(C(=O)C(C)C)CC2)c1Cc1ccccc1F. The maximum Gasteiger partial charge on any atom is 0.225 e. The molecule has 0 unspecified atom stereocenters. The van der Waals surface area contributed by atoms with E-state index in [1.807, 2.05) is 37.8 Å². The molecule has 0 saturated carbocycles. The maximum absolute atomic E-state index is 14.3. The smallest absolute Gasteiger partial charge is 0.225 e. The van der Waals surface area contributed by atoms with Crippen LogP contribution in [0, 0.1) is 18.7 Å². The van der Waals surface area contributed by atoms with Crippen molar-refractivity contribution in [3.05, 3.63) is 52.7 Å². The molecule has 0 bridgehead atoms. The number of halogens is 1. The Morgan fingerprint density at radius 2 is 1.72 bits per heavy atom. The van der Waals surface area contributed by atoms with Crippen LogP contribution in [0.3, 0.4) is 0 Å². The van der Waals surface area contributed by atoms with E-state index in [1.165, 1.54) is 6.07 Å². The van der Waals surface area contributed by atoms with E-state index in [0.717, 1.165) is 36.0 Å². The lowest BCUT2D eigenvalue weighted by Gasteiger charge is -2.37. The third kappa shape index (κ3) is 4.74. The third-order valence-electron chi connectivity index (χ3n) is 5.44. The summed E-state index contributed by atoms with van der Waals surface area (Å²) in [6.45, 7) is 12.8. The molecule has 2 heterocycles. The van der Waals surface area contributed by atoms with Crippen LogP contribution >= 0.6 is 0 Å². The van der Waals surface area contributed by atoms with Crippen LogP contribution in [0.2, 0.25) is 0 Å². The largest absolute Gasteiger partial charge is 0.353 e. The molecule has 0 atom stereocenters. The molecule has 3 rings (SSSR count). The van der Waals surface area contributed by atoms with E-state index >= 15 is 0 Å². The predicted octanol–water partition coefficient (Wildman–Crippen LogP) is 3.94. The predicted molar refractivity (Wildman–Crippen MR) is 114 cm³/mol. The zero-order chi connectivity index (χ0) is 21.1. The minimum atomic E-state index is -0.210. The lowest BCUT2D eigenvalue weighted by atomic mass is 10.0. The highest BCUT2D eigenvalue weighted by molar-refractivity contribution is 5.78. The zero-order valence-electron chi connectivity index (χ0n) is 18.1. The van der Waals surface area contributed by atoms with E-state index in [-0.39, 0.29) is 23.6 Å². The minimum Gasteiger partial charge on any atom is -0.353 e. The third-order valence-corrected chi connectivity index (χ3v) is 5.44. The fourth-order valence-electron chi connectivity index (χ4n) is 3.66. The van der Waals surface area contributed by atoms with Crippen LogP contribution in [0.5, 0.6) is 0 Å². The van der Waals surface area contributed by atoms with Crippen molar-refractivity contribution in [2.75, 3.05) is 31.1 Å². The summed E-state index contributed by atoms with van der Waals surface area (Å²) >= 11 is 0. The minimum absolute atomic E-state index is 0.00649. The molecule has 156 valence electrons. The summed E-state index contributed by atoms with van der Waals surface area (Å²) in [6, 6.07) is 6.86. The van der Waals surface area contributed by atoms with Crippen molar-refractivity contribution in [2.45, 2.75) is 47.0 Å². The lowest BCUT2D eigenvalue weighted by molar-refractivity contribution is -0.134. The molecule has 5 nitrogen and oxygen atoms in total. The fraction of sp³-hybridized carbons (Fsp3) is 0.522. The van der Waals surface area contributed by atoms with Gasteiger partial charge in [-0.2, -0.15) is 0 Å². The quantitative estimate of drug-likeness (QED) is 0.765. The maximum atomic E-state index is 14.3. The van der Waals surface area contributed by atoms with Gasteiger partial charge < -0.3 is 9.80 Å². The fourth-order valence-corrected chi connectivity index (χ4v) is 3.66. The van der Waals surface area contributed by atoms with Gasteiger partial charge in [-0.25, -0.2) is 14.4 Å². The zero-order valence-corrected chi connectivity index (χ0v) is 18.1. The van der Waals surface area contributed by atoms with Gasteiger partial charge in [0.1, 0.15) is 17.5 Å². The standard InChI is InChI=1S/C23H31FN4O/c1-15(2)21-25-17(5)19(14-18-8-6-7-9-20(18)24)22(26-21)27-10-12-28(13-11-27)23(29)16(3)4/h6-9,15-16H,10-14H2,1-5H3. The summed E-state index contributed by atoms with van der Waals surface area (Å²) in [5.74, 6) is 1.87. The average molecular weight is 399 g/mol. The molecule has 29 heavy (non-hydrogen) atoms. The number of hydrogen-bond donors (Lipinski definition) is 0. The highest BCUT2D eigenvalue weighted by Gasteiger charge is 2.26. The first kappa shape index (κ1) is 21.2. The number of carbonyl (C=O) groups is 1. The van der Waals surface area contributed by atoms with Gasteiger partial charge in [-0.1, -0.05) is 45.9 Å². The van der Waals surface area contributed by atoms with E-state index in [0.29, 0.717) is 25.1 Å². The van der Waals surface area contributed by atoms with E-state index in [4.69, 9.17) is 9.97 Å². The summed E-state index contributed by atoms with van der Waals surface area (Å²) < 4.78 is 14.3. The molecule has 1 amide bonds. The number of anilines is 1. The second kappa shape index (κ2) is 8.89. The number of carbonyl (C=O) groups excluding carboxylic acids is 1. The van der Waals surface area contributed by atoms with Gasteiger partial charge in [0.15, 0.2) is 0 Å². The van der Waals surface area contributed by atoms with Gasteiger partial charge in [-0.3, -0.25) is 4.79 Å². The van der Waals surface area contributed by atoms with E-state index < -0.39 is 0 Å². The summed E-state index contributed by atoms with van der Waals surface area (Å²) in [4.78, 5) is 26.0. The molecule has 1 saturated heterocycles. The number of amides is 1. The number of aryl methyl sites for hydroxylation is 1. The van der Waals surface area contributed by atoms with Crippen molar-refractivity contribution in [2.24, 2.45) is 5.92 Å². The van der Waals surface area contributed by atoms with Gasteiger partial charge in [0.25, 0.3) is 0 Å². The normalized spacial score (nSPS) is 14.8. The molecule has 1 aromatic heterocycles. The molecule has 1 fully saturated rings. The Labute approximate surface area is 173 Å². The monoisotopic (exact) mass is 398 g/mol. The molecule has 1 aromatic carbocycles. The van der Waals surface area contributed by atoms with Gasteiger partial charge >= 0.3 is 0 Å². The Morgan fingerprint density at radius 3 is 2.31 bits per heavy atom. The van der Waals surface area contributed by atoms with Crippen LogP contribution in [0.1, 0.15) is 56.3 Å². The molecule has 1 aliphatic rings. The highest BCUT2D eigenvalue weighted by atomic mass is 19.1. The Kier molecular flexibility index (Phi) is 6.50. The number of aromatic nitrogens is 2. The first-order valence-electron chi connectivity index (χ1n) is 10.4. The van der Waals surface area contributed by atoms with Crippen LogP contribution in [0.4, 0.5) is 10.2 Å². The van der Waals surface area contributed by atoms with Crippen LogP contribution in [0.15, 0.2) is 24.3 Å². The summed E-state index contributed by atoms with van der Waals surface area (Å²) in [5, 5.41) is 0. The van der Waals surface area contributed by atoms with Gasteiger partial charge in [-0.05, 0) is 18.6 Å². The number of hydrogen-bond acceptors (Lipinski definition) is 4. The van der Waals surface area contributed by atoms with Crippen LogP contribution in [-0.2, 0) is 11.2 Å². The second-order valence-corrected chi connectivity index (χ2v) is 8.36. The first-order valence-corrected chi connectivity index (χ1v) is 10.4. The number of rotatable bonds is 5. The molecule has 2 aromatic rings. The van der Waals surface area contributed by atoms with Crippen molar-refractivity contribution < 1.29 is 9.18 Å². The topological polar surface area (TPSA) is 49.3 Å². The van der Waals surface area contributed by atoms with E-state index in [2.05, 4.69) is 18.7 Å². The van der Waals surface area contributed by atoms with Crippen molar-refractivity contribution in [3.8, 4) is 0 Å². The second-order valence-electron chi connectivity index (χ2n) is 8.36. The molecule has 0 spiro atoms. The molecule has 6 heteroatoms. The molecule has 0 radical (unpaired) electrons. The Morgan fingerprint density at radius 1 is 1.07 bits per heavy atom. The van der Waals surface area contributed by atoms with E-state index in [9.17, 15) is 9.18 Å². The summed E-state index contributed by atoms with van der Waals surface area (Å²) in [5.41, 5.74) is 2.50. The van der Waals surface area contributed by atoms with Gasteiger partial charge in [-0.15, -0.1) is 0 Å². The van der Waals surface area contributed by atoms with Crippen LogP contribution < -0.4 is 4.90 Å². The molecular formula is C23H31FN4O. The van der Waals surface area contributed by atoms with Crippen molar-refractivity contribution in [1.82, 2.24) is 14.9 Å². The summed E-state index contributed by atoms with van der Waals surface area (Å²) in [6.07, 6.45) is 0.456. The number of benzene rings is 1. The number of nitrogens with zero attached hydrogens (tertiary/aromatic N) is 4. The average Bonchev–Trinajstić information content (AvgIpc) is 2.70. The van der Waals surface area contributed by atoms with Crippen molar-refractivity contribution >= 4 is 11.7 Å². The lowest BCUT2D eigenvalue weighted by Crippen LogP contribution is -2.50.